The van der Waals surface area contributed by atoms with Gasteiger partial charge in [-0.3, -0.25) is 0 Å². The number of anilines is 2. The lowest BCUT2D eigenvalue weighted by atomic mass is 10.2. The van der Waals surface area contributed by atoms with Gasteiger partial charge in [0.2, 0.25) is 5.76 Å². The summed E-state index contributed by atoms with van der Waals surface area (Å²) < 4.78 is 10.3. The maximum atomic E-state index is 12.0. The SMILES string of the molecule is CCOC(=O)c1cc2cc(NC(=O)Nc3ccc(Cl)cc3)ccc2o1. The zero-order chi connectivity index (χ0) is 17.8. The Hall–Kier alpha value is -2.99. The van der Waals surface area contributed by atoms with Crippen molar-refractivity contribution < 1.29 is 18.7 Å². The van der Waals surface area contributed by atoms with Crippen LogP contribution in [0.15, 0.2) is 52.9 Å². The van der Waals surface area contributed by atoms with Crippen molar-refractivity contribution in [1.82, 2.24) is 0 Å². The summed E-state index contributed by atoms with van der Waals surface area (Å²) in [6, 6.07) is 13.0. The third kappa shape index (κ3) is 4.10. The molecule has 0 aliphatic carbocycles. The van der Waals surface area contributed by atoms with Gasteiger partial charge in [0.25, 0.3) is 0 Å². The van der Waals surface area contributed by atoms with Gasteiger partial charge in [0, 0.05) is 21.8 Å². The topological polar surface area (TPSA) is 80.6 Å². The Kier molecular flexibility index (Phi) is 4.90. The highest BCUT2D eigenvalue weighted by molar-refractivity contribution is 6.30. The first-order valence-corrected chi connectivity index (χ1v) is 7.97. The Morgan fingerprint density at radius 3 is 2.44 bits per heavy atom. The van der Waals surface area contributed by atoms with Crippen molar-refractivity contribution in [1.29, 1.82) is 0 Å². The molecule has 0 atom stereocenters. The molecule has 2 N–H and O–H groups in total. The summed E-state index contributed by atoms with van der Waals surface area (Å²) in [6.07, 6.45) is 0. The molecule has 1 aromatic heterocycles. The fourth-order valence-corrected chi connectivity index (χ4v) is 2.38. The van der Waals surface area contributed by atoms with Crippen LogP contribution in [0.1, 0.15) is 17.5 Å². The lowest BCUT2D eigenvalue weighted by Crippen LogP contribution is -2.19. The van der Waals surface area contributed by atoms with Crippen molar-refractivity contribution in [2.24, 2.45) is 0 Å². The Bertz CT molecular complexity index is 918. The van der Waals surface area contributed by atoms with E-state index in [0.717, 1.165) is 0 Å². The standard InChI is InChI=1S/C18H15ClN2O4/c1-2-24-17(22)16-10-11-9-14(7-8-15(11)25-16)21-18(23)20-13-5-3-12(19)4-6-13/h3-10H,2H2,1H3,(H2,20,21,23). The summed E-state index contributed by atoms with van der Waals surface area (Å²) in [7, 11) is 0. The van der Waals surface area contributed by atoms with Crippen LogP contribution in [0.25, 0.3) is 11.0 Å². The fourth-order valence-electron chi connectivity index (χ4n) is 2.25. The summed E-state index contributed by atoms with van der Waals surface area (Å²) in [6.45, 7) is 2.00. The highest BCUT2D eigenvalue weighted by atomic mass is 35.5. The van der Waals surface area contributed by atoms with Gasteiger partial charge in [0.15, 0.2) is 0 Å². The Morgan fingerprint density at radius 2 is 1.72 bits per heavy atom. The highest BCUT2D eigenvalue weighted by Gasteiger charge is 2.13. The first-order valence-electron chi connectivity index (χ1n) is 7.59. The molecule has 0 aliphatic heterocycles. The van der Waals surface area contributed by atoms with E-state index in [4.69, 9.17) is 20.8 Å². The molecule has 0 bridgehead atoms. The molecule has 0 radical (unpaired) electrons. The molecule has 25 heavy (non-hydrogen) atoms. The minimum absolute atomic E-state index is 0.125. The molecular weight excluding hydrogens is 344 g/mol. The first kappa shape index (κ1) is 16.9. The molecule has 3 aromatic rings. The zero-order valence-electron chi connectivity index (χ0n) is 13.3. The predicted octanol–water partition coefficient (Wildman–Crippen LogP) is 4.91. The summed E-state index contributed by atoms with van der Waals surface area (Å²) in [4.78, 5) is 23.7. The Balaban J connectivity index is 1.71. The summed E-state index contributed by atoms with van der Waals surface area (Å²) in [5.41, 5.74) is 1.72. The van der Waals surface area contributed by atoms with E-state index in [1.807, 2.05) is 0 Å². The van der Waals surface area contributed by atoms with Crippen molar-refractivity contribution in [2.45, 2.75) is 6.92 Å². The summed E-state index contributed by atoms with van der Waals surface area (Å²) in [5.74, 6) is -0.395. The van der Waals surface area contributed by atoms with E-state index in [1.165, 1.54) is 0 Å². The number of rotatable bonds is 4. The van der Waals surface area contributed by atoms with Crippen LogP contribution < -0.4 is 10.6 Å². The molecule has 0 fully saturated rings. The Morgan fingerprint density at radius 1 is 1.04 bits per heavy atom. The molecule has 1 heterocycles. The van der Waals surface area contributed by atoms with Crippen LogP contribution in [-0.4, -0.2) is 18.6 Å². The number of halogens is 1. The third-order valence-corrected chi connectivity index (χ3v) is 3.60. The van der Waals surface area contributed by atoms with Crippen LogP contribution in [0.4, 0.5) is 16.2 Å². The number of hydrogen-bond donors (Lipinski definition) is 2. The highest BCUT2D eigenvalue weighted by Crippen LogP contribution is 2.24. The zero-order valence-corrected chi connectivity index (χ0v) is 14.1. The molecule has 0 spiro atoms. The average Bonchev–Trinajstić information content (AvgIpc) is 3.00. The lowest BCUT2D eigenvalue weighted by Gasteiger charge is -2.07. The van der Waals surface area contributed by atoms with E-state index < -0.39 is 12.0 Å². The second-order valence-corrected chi connectivity index (χ2v) is 5.61. The number of amides is 2. The molecule has 0 saturated carbocycles. The van der Waals surface area contributed by atoms with Crippen LogP contribution in [0.3, 0.4) is 0 Å². The third-order valence-electron chi connectivity index (χ3n) is 3.35. The quantitative estimate of drug-likeness (QED) is 0.649. The van der Waals surface area contributed by atoms with Crippen LogP contribution >= 0.6 is 11.6 Å². The van der Waals surface area contributed by atoms with Crippen LogP contribution in [0.5, 0.6) is 0 Å². The van der Waals surface area contributed by atoms with Gasteiger partial charge in [-0.2, -0.15) is 0 Å². The van der Waals surface area contributed by atoms with Crippen LogP contribution in [-0.2, 0) is 4.74 Å². The lowest BCUT2D eigenvalue weighted by molar-refractivity contribution is 0.0492. The number of esters is 1. The van der Waals surface area contributed by atoms with Gasteiger partial charge in [-0.15, -0.1) is 0 Å². The van der Waals surface area contributed by atoms with Gasteiger partial charge in [-0.1, -0.05) is 11.6 Å². The van der Waals surface area contributed by atoms with Crippen molar-refractivity contribution in [3.63, 3.8) is 0 Å². The number of hydrogen-bond acceptors (Lipinski definition) is 4. The van der Waals surface area contributed by atoms with Crippen LogP contribution in [0.2, 0.25) is 5.02 Å². The normalized spacial score (nSPS) is 10.5. The van der Waals surface area contributed by atoms with Gasteiger partial charge < -0.3 is 19.8 Å². The number of furan rings is 1. The second-order valence-electron chi connectivity index (χ2n) is 5.17. The number of urea groups is 1. The summed E-state index contributed by atoms with van der Waals surface area (Å²) in [5, 5.41) is 6.70. The average molecular weight is 359 g/mol. The molecule has 7 heteroatoms. The molecular formula is C18H15ClN2O4. The molecule has 0 saturated heterocycles. The van der Waals surface area contributed by atoms with Gasteiger partial charge in [0.05, 0.1) is 6.61 Å². The van der Waals surface area contributed by atoms with E-state index in [-0.39, 0.29) is 12.4 Å². The van der Waals surface area contributed by atoms with Gasteiger partial charge in [-0.05, 0) is 55.5 Å². The number of carbonyl (C=O) groups excluding carboxylic acids is 2. The minimum Gasteiger partial charge on any atom is -0.460 e. The Labute approximate surface area is 148 Å². The van der Waals surface area contributed by atoms with Crippen molar-refractivity contribution in [2.75, 3.05) is 17.2 Å². The number of benzene rings is 2. The van der Waals surface area contributed by atoms with E-state index in [0.29, 0.717) is 27.4 Å². The van der Waals surface area contributed by atoms with Crippen molar-refractivity contribution in [3.8, 4) is 0 Å². The number of fused-ring (bicyclic) bond motifs is 1. The van der Waals surface area contributed by atoms with Gasteiger partial charge in [-0.25, -0.2) is 9.59 Å². The maximum absolute atomic E-state index is 12.0. The molecule has 2 aromatic carbocycles. The fraction of sp³-hybridized carbons (Fsp3) is 0.111. The number of ether oxygens (including phenoxy) is 1. The summed E-state index contributed by atoms with van der Waals surface area (Å²) >= 11 is 5.81. The number of carbonyl (C=O) groups is 2. The predicted molar refractivity (Wildman–Crippen MR) is 96.3 cm³/mol. The molecule has 0 unspecified atom stereocenters. The number of nitrogens with one attached hydrogen (secondary N) is 2. The van der Waals surface area contributed by atoms with Crippen LogP contribution in [0, 0.1) is 0 Å². The first-order chi connectivity index (χ1) is 12.0. The van der Waals surface area contributed by atoms with E-state index >= 15 is 0 Å². The molecule has 3 rings (SSSR count). The van der Waals surface area contributed by atoms with Gasteiger partial charge in [0.1, 0.15) is 5.58 Å². The molecule has 0 aliphatic rings. The van der Waals surface area contributed by atoms with E-state index in [2.05, 4.69) is 10.6 Å². The molecule has 128 valence electrons. The minimum atomic E-state index is -0.520. The molecule has 2 amide bonds. The maximum Gasteiger partial charge on any atom is 0.374 e. The monoisotopic (exact) mass is 358 g/mol. The molecule has 6 nitrogen and oxygen atoms in total. The van der Waals surface area contributed by atoms with Crippen molar-refractivity contribution in [3.05, 3.63) is 59.3 Å². The second kappa shape index (κ2) is 7.27. The largest absolute Gasteiger partial charge is 0.460 e. The van der Waals surface area contributed by atoms with E-state index in [9.17, 15) is 9.59 Å². The van der Waals surface area contributed by atoms with Crippen molar-refractivity contribution >= 4 is 45.9 Å². The van der Waals surface area contributed by atoms with E-state index in [1.54, 1.807) is 55.5 Å². The smallest absolute Gasteiger partial charge is 0.374 e. The van der Waals surface area contributed by atoms with Gasteiger partial charge >= 0.3 is 12.0 Å².